The number of benzene rings is 2. The lowest BCUT2D eigenvalue weighted by Crippen LogP contribution is -1.93. The van der Waals surface area contributed by atoms with Crippen LogP contribution in [0.2, 0.25) is 5.02 Å². The van der Waals surface area contributed by atoms with Gasteiger partial charge in [-0.1, -0.05) is 35.9 Å². The zero-order chi connectivity index (χ0) is 11.1. The molecule has 2 aromatic rings. The first kappa shape index (κ1) is 10.4. The number of hydrogen-bond donors (Lipinski definition) is 0. The monoisotopic (exact) mass is 244 g/mol. The summed E-state index contributed by atoms with van der Waals surface area (Å²) in [5.74, 6) is 0. The Morgan fingerprint density at radius 3 is 2.27 bits per heavy atom. The summed E-state index contributed by atoms with van der Waals surface area (Å²) < 4.78 is 34.7. The summed E-state index contributed by atoms with van der Waals surface area (Å²) in [5, 5.41) is 1.05. The molecule has 0 aliphatic carbocycles. The lowest BCUT2D eigenvalue weighted by molar-refractivity contribution is 0.553. The molecule has 0 unspecified atom stereocenters. The Bertz CT molecular complexity index is 617. The summed E-state index contributed by atoms with van der Waals surface area (Å²) in [4.78, 5) is -0.384. The molecule has 2 rings (SSSR count). The Balaban J connectivity index is 2.99. The third-order valence-electron chi connectivity index (χ3n) is 2.08. The molecule has 0 radical (unpaired) electrons. The van der Waals surface area contributed by atoms with Gasteiger partial charge in [-0.05, 0) is 17.5 Å². The van der Waals surface area contributed by atoms with E-state index in [4.69, 9.17) is 11.6 Å². The first-order valence-corrected chi connectivity index (χ1v) is 5.88. The molecule has 0 amide bonds. The predicted molar refractivity (Wildman–Crippen MR) is 57.3 cm³/mol. The van der Waals surface area contributed by atoms with Gasteiger partial charge in [-0.3, -0.25) is 0 Å². The van der Waals surface area contributed by atoms with Gasteiger partial charge in [0.25, 0.3) is 0 Å². The van der Waals surface area contributed by atoms with E-state index in [2.05, 4.69) is 0 Å². The van der Waals surface area contributed by atoms with Crippen molar-refractivity contribution < 1.29 is 12.3 Å². The van der Waals surface area contributed by atoms with Gasteiger partial charge in [0, 0.05) is 10.4 Å². The Morgan fingerprint density at radius 2 is 1.67 bits per heavy atom. The second kappa shape index (κ2) is 3.47. The van der Waals surface area contributed by atoms with Crippen LogP contribution in [0.25, 0.3) is 10.8 Å². The molecule has 5 heteroatoms. The lowest BCUT2D eigenvalue weighted by atomic mass is 10.1. The first-order chi connectivity index (χ1) is 7.00. The Labute approximate surface area is 91.5 Å². The molecule has 0 spiro atoms. The van der Waals surface area contributed by atoms with Crippen molar-refractivity contribution in [1.29, 1.82) is 0 Å². The molecule has 15 heavy (non-hydrogen) atoms. The third-order valence-corrected chi connectivity index (χ3v) is 3.26. The van der Waals surface area contributed by atoms with Crippen LogP contribution in [0, 0.1) is 0 Å². The van der Waals surface area contributed by atoms with Crippen molar-refractivity contribution >= 4 is 32.6 Å². The fourth-order valence-electron chi connectivity index (χ4n) is 1.47. The highest BCUT2D eigenvalue weighted by atomic mass is 35.5. The van der Waals surface area contributed by atoms with Crippen LogP contribution in [0.4, 0.5) is 3.89 Å². The standard InChI is InChI=1S/C10H6ClFO2S/c11-8-5-1-3-7-4-2-6-9(10(7)8)15(12,13)14/h1-6H. The fourth-order valence-corrected chi connectivity index (χ4v) is 2.52. The lowest BCUT2D eigenvalue weighted by Gasteiger charge is -2.03. The van der Waals surface area contributed by atoms with E-state index >= 15 is 0 Å². The molecule has 2 nitrogen and oxygen atoms in total. The summed E-state index contributed by atoms with van der Waals surface area (Å²) in [6.07, 6.45) is 0. The van der Waals surface area contributed by atoms with E-state index in [1.165, 1.54) is 18.2 Å². The second-order valence-electron chi connectivity index (χ2n) is 3.03. The summed E-state index contributed by atoms with van der Waals surface area (Å²) in [5.41, 5.74) is 0. The molecule has 0 aromatic heterocycles. The van der Waals surface area contributed by atoms with Crippen molar-refractivity contribution in [2.24, 2.45) is 0 Å². The largest absolute Gasteiger partial charge is 0.332 e. The van der Waals surface area contributed by atoms with Gasteiger partial charge in [-0.25, -0.2) is 0 Å². The molecular formula is C10H6ClFO2S. The average Bonchev–Trinajstić information content (AvgIpc) is 2.16. The van der Waals surface area contributed by atoms with Gasteiger partial charge < -0.3 is 0 Å². The molecule has 2 aromatic carbocycles. The SMILES string of the molecule is O=S(=O)(F)c1cccc2cccc(Cl)c12. The van der Waals surface area contributed by atoms with Crippen LogP contribution >= 0.6 is 11.6 Å². The van der Waals surface area contributed by atoms with E-state index in [1.807, 2.05) is 0 Å². The van der Waals surface area contributed by atoms with Gasteiger partial charge >= 0.3 is 10.2 Å². The zero-order valence-corrected chi connectivity index (χ0v) is 9.02. The van der Waals surface area contributed by atoms with Gasteiger partial charge in [-0.2, -0.15) is 8.42 Å². The highest BCUT2D eigenvalue weighted by Gasteiger charge is 2.17. The van der Waals surface area contributed by atoms with Crippen molar-refractivity contribution in [3.8, 4) is 0 Å². The van der Waals surface area contributed by atoms with Crippen molar-refractivity contribution in [2.45, 2.75) is 4.90 Å². The number of hydrogen-bond acceptors (Lipinski definition) is 2. The molecule has 0 saturated carbocycles. The van der Waals surface area contributed by atoms with Crippen LogP contribution in [-0.4, -0.2) is 8.42 Å². The van der Waals surface area contributed by atoms with E-state index in [-0.39, 0.29) is 15.3 Å². The van der Waals surface area contributed by atoms with E-state index in [0.717, 1.165) is 0 Å². The fraction of sp³-hybridized carbons (Fsp3) is 0. The van der Waals surface area contributed by atoms with E-state index in [9.17, 15) is 12.3 Å². The Kier molecular flexibility index (Phi) is 2.40. The first-order valence-electron chi connectivity index (χ1n) is 4.12. The topological polar surface area (TPSA) is 34.1 Å². The predicted octanol–water partition coefficient (Wildman–Crippen LogP) is 3.15. The molecule has 0 atom stereocenters. The van der Waals surface area contributed by atoms with Crippen LogP contribution in [0.3, 0.4) is 0 Å². The van der Waals surface area contributed by atoms with Gasteiger partial charge in [-0.15, -0.1) is 3.89 Å². The van der Waals surface area contributed by atoms with E-state index in [1.54, 1.807) is 18.2 Å². The molecule has 0 fully saturated rings. The molecule has 78 valence electrons. The van der Waals surface area contributed by atoms with Crippen LogP contribution in [0.15, 0.2) is 41.3 Å². The minimum absolute atomic E-state index is 0.226. The Hall–Kier alpha value is -1.13. The van der Waals surface area contributed by atoms with Crippen molar-refractivity contribution in [3.05, 3.63) is 41.4 Å². The minimum Gasteiger partial charge on any atom is -0.189 e. The smallest absolute Gasteiger partial charge is 0.189 e. The van der Waals surface area contributed by atoms with Crippen LogP contribution in [0.1, 0.15) is 0 Å². The van der Waals surface area contributed by atoms with Crippen molar-refractivity contribution in [1.82, 2.24) is 0 Å². The number of rotatable bonds is 1. The normalized spacial score (nSPS) is 11.9. The zero-order valence-electron chi connectivity index (χ0n) is 7.44. The molecule has 0 heterocycles. The minimum atomic E-state index is -4.74. The van der Waals surface area contributed by atoms with Crippen LogP contribution in [-0.2, 0) is 10.2 Å². The molecule has 0 bridgehead atoms. The summed E-state index contributed by atoms with van der Waals surface area (Å²) in [6, 6.07) is 9.23. The summed E-state index contributed by atoms with van der Waals surface area (Å²) >= 11 is 5.84. The highest BCUT2D eigenvalue weighted by Crippen LogP contribution is 2.30. The van der Waals surface area contributed by atoms with Gasteiger partial charge in [0.05, 0.1) is 0 Å². The van der Waals surface area contributed by atoms with Crippen LogP contribution < -0.4 is 0 Å². The quantitative estimate of drug-likeness (QED) is 0.722. The van der Waals surface area contributed by atoms with Gasteiger partial charge in [0.1, 0.15) is 4.90 Å². The highest BCUT2D eigenvalue weighted by molar-refractivity contribution is 7.86. The molecule has 0 aliphatic rings. The Morgan fingerprint density at radius 1 is 1.07 bits per heavy atom. The van der Waals surface area contributed by atoms with E-state index < -0.39 is 10.2 Å². The molecule has 0 N–H and O–H groups in total. The third kappa shape index (κ3) is 1.82. The maximum Gasteiger partial charge on any atom is 0.332 e. The van der Waals surface area contributed by atoms with Crippen LogP contribution in [0.5, 0.6) is 0 Å². The summed E-state index contributed by atoms with van der Waals surface area (Å²) in [6.45, 7) is 0. The van der Waals surface area contributed by atoms with Crippen molar-refractivity contribution in [3.63, 3.8) is 0 Å². The van der Waals surface area contributed by atoms with Gasteiger partial charge in [0.2, 0.25) is 0 Å². The number of fused-ring (bicyclic) bond motifs is 1. The molecular weight excluding hydrogens is 239 g/mol. The average molecular weight is 245 g/mol. The maximum absolute atomic E-state index is 12.9. The molecule has 0 saturated heterocycles. The molecule has 0 aliphatic heterocycles. The summed E-state index contributed by atoms with van der Waals surface area (Å²) in [7, 11) is -4.74. The van der Waals surface area contributed by atoms with E-state index in [0.29, 0.717) is 5.39 Å². The maximum atomic E-state index is 12.9. The number of halogens is 2. The van der Waals surface area contributed by atoms with Gasteiger partial charge in [0.15, 0.2) is 0 Å². The second-order valence-corrected chi connectivity index (χ2v) is 4.75. The van der Waals surface area contributed by atoms with Crippen molar-refractivity contribution in [2.75, 3.05) is 0 Å².